The largest absolute Gasteiger partial charge is 0.457 e. The van der Waals surface area contributed by atoms with Crippen LogP contribution in [0.25, 0.3) is 0 Å². The second kappa shape index (κ2) is 11.0. The summed E-state index contributed by atoms with van der Waals surface area (Å²) in [5.74, 6) is 1.59. The minimum Gasteiger partial charge on any atom is -0.457 e. The zero-order chi connectivity index (χ0) is 23.0. The number of nitrogens with two attached hydrogens (primary N) is 1. The fraction of sp³-hybridized carbons (Fsp3) is 0.364. The van der Waals surface area contributed by atoms with Crippen molar-refractivity contribution in [1.82, 2.24) is 10.7 Å². The summed E-state index contributed by atoms with van der Waals surface area (Å²) in [5.41, 5.74) is 11.9. The molecule has 10 heteroatoms. The van der Waals surface area contributed by atoms with Crippen LogP contribution in [0, 0.1) is 11.3 Å². The van der Waals surface area contributed by atoms with Crippen molar-refractivity contribution in [2.24, 2.45) is 11.7 Å². The lowest BCUT2D eigenvalue weighted by Crippen LogP contribution is -2.37. The molecule has 0 saturated heterocycles. The molecule has 172 valence electrons. The Bertz CT molecular complexity index is 1010. The summed E-state index contributed by atoms with van der Waals surface area (Å²) in [6.45, 7) is 0.529. The number of nitrogens with one attached hydrogen (secondary N) is 4. The predicted octanol–water partition coefficient (Wildman–Crippen LogP) is 2.41. The molecule has 9 nitrogen and oxygen atoms in total. The van der Waals surface area contributed by atoms with Crippen molar-refractivity contribution in [3.63, 3.8) is 0 Å². The van der Waals surface area contributed by atoms with Gasteiger partial charge in [0.15, 0.2) is 15.8 Å². The molecule has 1 atom stereocenters. The molecule has 0 aliphatic heterocycles. The highest BCUT2D eigenvalue weighted by atomic mass is 32.2. The summed E-state index contributed by atoms with van der Waals surface area (Å²) in [6.07, 6.45) is 4.09. The average Bonchev–Trinajstić information content (AvgIpc) is 3.58. The summed E-state index contributed by atoms with van der Waals surface area (Å²) in [4.78, 5) is 11.5. The third-order valence-corrected chi connectivity index (χ3v) is 6.90. The molecular formula is C22H29N5O4S. The zero-order valence-electron chi connectivity index (χ0n) is 17.7. The Morgan fingerprint density at radius 1 is 1.12 bits per heavy atom. The smallest absolute Gasteiger partial charge is 0.185 e. The molecule has 1 fully saturated rings. The molecule has 2 aromatic carbocycles. The molecule has 6 N–H and O–H groups in total. The van der Waals surface area contributed by atoms with Crippen molar-refractivity contribution < 1.29 is 17.9 Å². The Morgan fingerprint density at radius 2 is 1.75 bits per heavy atom. The van der Waals surface area contributed by atoms with Gasteiger partial charge in [0.2, 0.25) is 0 Å². The molecule has 1 aliphatic carbocycles. The van der Waals surface area contributed by atoms with Gasteiger partial charge in [-0.05, 0) is 80.1 Å². The number of anilines is 1. The highest BCUT2D eigenvalue weighted by Crippen LogP contribution is 2.33. The number of hydrogen-bond acceptors (Lipinski definition) is 7. The maximum absolute atomic E-state index is 12.3. The average molecular weight is 460 g/mol. The number of carbonyl (C=O) groups is 1. The predicted molar refractivity (Wildman–Crippen MR) is 123 cm³/mol. The summed E-state index contributed by atoms with van der Waals surface area (Å²) in [6, 6.07) is 13.2. The van der Waals surface area contributed by atoms with E-state index in [1.165, 1.54) is 0 Å². The second-order valence-corrected chi connectivity index (χ2v) is 9.85. The Hall–Kier alpha value is -3.11. The van der Waals surface area contributed by atoms with Gasteiger partial charge in [-0.1, -0.05) is 0 Å². The van der Waals surface area contributed by atoms with Crippen LogP contribution in [0.3, 0.4) is 0 Å². The molecule has 1 saturated carbocycles. The monoisotopic (exact) mass is 459 g/mol. The lowest BCUT2D eigenvalue weighted by molar-refractivity contribution is -0.109. The highest BCUT2D eigenvalue weighted by Gasteiger charge is 2.28. The number of aldehydes is 1. The first kappa shape index (κ1) is 23.6. The highest BCUT2D eigenvalue weighted by molar-refractivity contribution is 7.91. The van der Waals surface area contributed by atoms with E-state index in [1.54, 1.807) is 48.5 Å². The second-order valence-electron chi connectivity index (χ2n) is 7.82. The van der Waals surface area contributed by atoms with Crippen molar-refractivity contribution in [2.75, 3.05) is 17.7 Å². The quantitative estimate of drug-likeness (QED) is 0.101. The van der Waals surface area contributed by atoms with Crippen LogP contribution in [0.2, 0.25) is 0 Å². The Balaban J connectivity index is 1.46. The van der Waals surface area contributed by atoms with Crippen LogP contribution in [0.15, 0.2) is 53.4 Å². The van der Waals surface area contributed by atoms with Gasteiger partial charge in [-0.25, -0.2) is 13.8 Å². The third-order valence-electron chi connectivity index (χ3n) is 5.00. The van der Waals surface area contributed by atoms with E-state index in [0.717, 1.165) is 24.8 Å². The standard InChI is InChI=1S/C22H29N5O4S/c23-22(24)25-13-1-2-18(14-28)27-26-17-5-7-19(8-6-17)31-20-9-11-21(12-10-20)32(29,30)15-16-3-4-16/h5-12,14,16,18,26-27H,1-4,13,15H2,(H4,23,24,25)/t18-/m0/s1. The lowest BCUT2D eigenvalue weighted by Gasteiger charge is -2.15. The molecule has 0 aromatic heterocycles. The fourth-order valence-corrected chi connectivity index (χ4v) is 4.74. The zero-order valence-corrected chi connectivity index (χ0v) is 18.5. The van der Waals surface area contributed by atoms with E-state index in [9.17, 15) is 13.2 Å². The van der Waals surface area contributed by atoms with Crippen LogP contribution in [0.4, 0.5) is 5.69 Å². The third kappa shape index (κ3) is 7.54. The number of ether oxygens (including phenoxy) is 1. The molecule has 0 bridgehead atoms. The Morgan fingerprint density at radius 3 is 2.31 bits per heavy atom. The lowest BCUT2D eigenvalue weighted by atomic mass is 10.2. The van der Waals surface area contributed by atoms with Gasteiger partial charge in [-0.3, -0.25) is 5.41 Å². The van der Waals surface area contributed by atoms with E-state index in [1.807, 2.05) is 0 Å². The summed E-state index contributed by atoms with van der Waals surface area (Å²) >= 11 is 0. The number of rotatable bonds is 13. The van der Waals surface area contributed by atoms with Gasteiger partial charge in [0.1, 0.15) is 17.8 Å². The topological polar surface area (TPSA) is 146 Å². The number of carbonyl (C=O) groups excluding carboxylic acids is 1. The summed E-state index contributed by atoms with van der Waals surface area (Å²) in [7, 11) is -3.23. The first-order chi connectivity index (χ1) is 15.4. The Labute approximate surface area is 188 Å². The van der Waals surface area contributed by atoms with Gasteiger partial charge in [-0.2, -0.15) is 0 Å². The minimum absolute atomic E-state index is 0.0874. The Kier molecular flexibility index (Phi) is 8.07. The molecule has 0 amide bonds. The number of hydrogen-bond donors (Lipinski definition) is 5. The molecule has 0 unspecified atom stereocenters. The van der Waals surface area contributed by atoms with Gasteiger partial charge in [0, 0.05) is 12.2 Å². The van der Waals surface area contributed by atoms with E-state index in [2.05, 4.69) is 16.2 Å². The molecule has 32 heavy (non-hydrogen) atoms. The number of benzene rings is 2. The molecule has 2 aromatic rings. The van der Waals surface area contributed by atoms with Crippen molar-refractivity contribution in [1.29, 1.82) is 5.41 Å². The van der Waals surface area contributed by atoms with Crippen LogP contribution in [-0.4, -0.2) is 39.0 Å². The number of guanidine groups is 1. The first-order valence-electron chi connectivity index (χ1n) is 10.5. The number of hydrazine groups is 1. The normalized spacial score (nSPS) is 14.4. The molecule has 1 aliphatic rings. The maximum atomic E-state index is 12.3. The first-order valence-corrected chi connectivity index (χ1v) is 12.2. The minimum atomic E-state index is -3.23. The molecular weight excluding hydrogens is 430 g/mol. The van der Waals surface area contributed by atoms with Crippen LogP contribution in [-0.2, 0) is 14.6 Å². The fourth-order valence-electron chi connectivity index (χ4n) is 3.04. The van der Waals surface area contributed by atoms with Gasteiger partial charge in [0.05, 0.1) is 16.7 Å². The molecule has 3 rings (SSSR count). The van der Waals surface area contributed by atoms with Crippen molar-refractivity contribution in [2.45, 2.75) is 36.6 Å². The van der Waals surface area contributed by atoms with E-state index < -0.39 is 9.84 Å². The molecule has 0 spiro atoms. The van der Waals surface area contributed by atoms with Crippen LogP contribution < -0.4 is 26.6 Å². The van der Waals surface area contributed by atoms with Gasteiger partial charge in [-0.15, -0.1) is 0 Å². The number of sulfone groups is 1. The molecule has 0 radical (unpaired) electrons. The van der Waals surface area contributed by atoms with Crippen molar-refractivity contribution >= 4 is 27.8 Å². The van der Waals surface area contributed by atoms with E-state index in [0.29, 0.717) is 41.7 Å². The van der Waals surface area contributed by atoms with Gasteiger partial charge >= 0.3 is 0 Å². The van der Waals surface area contributed by atoms with Crippen LogP contribution >= 0.6 is 0 Å². The van der Waals surface area contributed by atoms with E-state index >= 15 is 0 Å². The SMILES string of the molecule is N=C(N)NCCC[C@@H](C=O)NNc1ccc(Oc2ccc(S(=O)(=O)CC3CC3)cc2)cc1. The van der Waals surface area contributed by atoms with Crippen LogP contribution in [0.1, 0.15) is 25.7 Å². The van der Waals surface area contributed by atoms with Gasteiger partial charge in [0.25, 0.3) is 0 Å². The van der Waals surface area contributed by atoms with Crippen LogP contribution in [0.5, 0.6) is 11.5 Å². The molecule has 0 heterocycles. The summed E-state index contributed by atoms with van der Waals surface area (Å²) in [5, 5.41) is 9.80. The maximum Gasteiger partial charge on any atom is 0.185 e. The van der Waals surface area contributed by atoms with E-state index in [-0.39, 0.29) is 17.8 Å². The van der Waals surface area contributed by atoms with Crippen molar-refractivity contribution in [3.05, 3.63) is 48.5 Å². The van der Waals surface area contributed by atoms with E-state index in [4.69, 9.17) is 15.9 Å². The van der Waals surface area contributed by atoms with Gasteiger partial charge < -0.3 is 26.0 Å². The van der Waals surface area contributed by atoms with Crippen molar-refractivity contribution in [3.8, 4) is 11.5 Å². The summed E-state index contributed by atoms with van der Waals surface area (Å²) < 4.78 is 30.5.